The van der Waals surface area contributed by atoms with Gasteiger partial charge in [0.1, 0.15) is 17.7 Å². The van der Waals surface area contributed by atoms with Crippen LogP contribution in [0.15, 0.2) is 53.3 Å². The van der Waals surface area contributed by atoms with Crippen LogP contribution < -0.4 is 5.32 Å². The molecule has 6 nitrogen and oxygen atoms in total. The summed E-state index contributed by atoms with van der Waals surface area (Å²) < 4.78 is 5.68. The largest absolute Gasteiger partial charge is 0.451 e. The SMILES string of the molecule is O=C(c1cc2ccccc2o1)N1CCC(Nc2ccncn2)CC1. The molecule has 1 fully saturated rings. The molecule has 1 aliphatic heterocycles. The molecule has 0 spiro atoms. The molecule has 4 rings (SSSR count). The Balaban J connectivity index is 1.39. The lowest BCUT2D eigenvalue weighted by atomic mass is 10.0. The molecule has 0 aliphatic carbocycles. The Morgan fingerprint density at radius 3 is 2.79 bits per heavy atom. The maximum atomic E-state index is 12.6. The first-order chi connectivity index (χ1) is 11.8. The van der Waals surface area contributed by atoms with Crippen LogP contribution in [0.25, 0.3) is 11.0 Å². The number of amides is 1. The summed E-state index contributed by atoms with van der Waals surface area (Å²) in [6.45, 7) is 1.41. The lowest BCUT2D eigenvalue weighted by molar-refractivity contribution is 0.0688. The zero-order chi connectivity index (χ0) is 16.4. The van der Waals surface area contributed by atoms with E-state index >= 15 is 0 Å². The van der Waals surface area contributed by atoms with Crippen molar-refractivity contribution in [3.8, 4) is 0 Å². The number of rotatable bonds is 3. The Hall–Kier alpha value is -2.89. The predicted molar refractivity (Wildman–Crippen MR) is 90.8 cm³/mol. The number of fused-ring (bicyclic) bond motifs is 1. The fourth-order valence-corrected chi connectivity index (χ4v) is 3.06. The molecule has 1 aliphatic rings. The van der Waals surface area contributed by atoms with Crippen LogP contribution in [0.5, 0.6) is 0 Å². The van der Waals surface area contributed by atoms with E-state index in [9.17, 15) is 4.79 Å². The maximum Gasteiger partial charge on any atom is 0.289 e. The van der Waals surface area contributed by atoms with Gasteiger partial charge in [-0.2, -0.15) is 0 Å². The topological polar surface area (TPSA) is 71.3 Å². The molecule has 1 amide bonds. The molecule has 0 unspecified atom stereocenters. The molecule has 0 bridgehead atoms. The third-order valence-corrected chi connectivity index (χ3v) is 4.35. The standard InChI is InChI=1S/C18H18N4O2/c23-18(16-11-13-3-1-2-4-15(13)24-16)22-9-6-14(7-10-22)21-17-5-8-19-12-20-17/h1-5,8,11-12,14H,6-7,9-10H2,(H,19,20,21). The van der Waals surface area contributed by atoms with Crippen LogP contribution in [0.2, 0.25) is 0 Å². The van der Waals surface area contributed by atoms with Crippen LogP contribution in [0, 0.1) is 0 Å². The monoisotopic (exact) mass is 322 g/mol. The molecule has 1 saturated heterocycles. The van der Waals surface area contributed by atoms with Crippen molar-refractivity contribution in [1.82, 2.24) is 14.9 Å². The van der Waals surface area contributed by atoms with E-state index in [0.717, 1.165) is 29.6 Å². The number of benzene rings is 1. The van der Waals surface area contributed by atoms with Crippen molar-refractivity contribution in [2.24, 2.45) is 0 Å². The normalized spacial score (nSPS) is 15.6. The number of carbonyl (C=O) groups is 1. The molecule has 1 N–H and O–H groups in total. The minimum Gasteiger partial charge on any atom is -0.451 e. The molecular formula is C18H18N4O2. The minimum atomic E-state index is -0.0355. The van der Waals surface area contributed by atoms with Crippen LogP contribution in [0.3, 0.4) is 0 Å². The van der Waals surface area contributed by atoms with E-state index in [-0.39, 0.29) is 5.91 Å². The number of furan rings is 1. The van der Waals surface area contributed by atoms with Gasteiger partial charge in [0.2, 0.25) is 0 Å². The number of anilines is 1. The Kier molecular flexibility index (Phi) is 3.86. The predicted octanol–water partition coefficient (Wildman–Crippen LogP) is 2.94. The fourth-order valence-electron chi connectivity index (χ4n) is 3.06. The summed E-state index contributed by atoms with van der Waals surface area (Å²) in [5.41, 5.74) is 0.751. The van der Waals surface area contributed by atoms with Crippen molar-refractivity contribution in [2.45, 2.75) is 18.9 Å². The highest BCUT2D eigenvalue weighted by molar-refractivity contribution is 5.96. The van der Waals surface area contributed by atoms with E-state index < -0.39 is 0 Å². The molecule has 1 aromatic carbocycles. The van der Waals surface area contributed by atoms with E-state index in [1.807, 2.05) is 41.3 Å². The van der Waals surface area contributed by atoms with Gasteiger partial charge in [-0.25, -0.2) is 9.97 Å². The Bertz CT molecular complexity index is 805. The number of hydrogen-bond donors (Lipinski definition) is 1. The highest BCUT2D eigenvalue weighted by atomic mass is 16.3. The van der Waals surface area contributed by atoms with E-state index in [0.29, 0.717) is 24.9 Å². The van der Waals surface area contributed by atoms with Crippen LogP contribution in [-0.4, -0.2) is 39.9 Å². The quantitative estimate of drug-likeness (QED) is 0.803. The summed E-state index contributed by atoms with van der Waals surface area (Å²) in [6.07, 6.45) is 5.02. The molecule has 24 heavy (non-hydrogen) atoms. The third-order valence-electron chi connectivity index (χ3n) is 4.35. The Morgan fingerprint density at radius 2 is 2.04 bits per heavy atom. The first kappa shape index (κ1) is 14.7. The number of likely N-dealkylation sites (tertiary alicyclic amines) is 1. The number of para-hydroxylation sites is 1. The fraction of sp³-hybridized carbons (Fsp3) is 0.278. The Labute approximate surface area is 139 Å². The zero-order valence-corrected chi connectivity index (χ0v) is 13.2. The van der Waals surface area contributed by atoms with Gasteiger partial charge in [0.15, 0.2) is 5.76 Å². The molecule has 122 valence electrons. The average molecular weight is 322 g/mol. The highest BCUT2D eigenvalue weighted by Gasteiger charge is 2.25. The molecule has 0 atom stereocenters. The Morgan fingerprint density at radius 1 is 1.21 bits per heavy atom. The van der Waals surface area contributed by atoms with E-state index in [1.54, 1.807) is 6.20 Å². The van der Waals surface area contributed by atoms with Crippen LogP contribution in [-0.2, 0) is 0 Å². The molecule has 3 heterocycles. The third kappa shape index (κ3) is 2.95. The summed E-state index contributed by atoms with van der Waals surface area (Å²) in [6, 6.07) is 11.7. The highest BCUT2D eigenvalue weighted by Crippen LogP contribution is 2.22. The second-order valence-corrected chi connectivity index (χ2v) is 5.95. The van der Waals surface area contributed by atoms with Gasteiger partial charge in [0.25, 0.3) is 5.91 Å². The summed E-state index contributed by atoms with van der Waals surface area (Å²) in [7, 11) is 0. The van der Waals surface area contributed by atoms with Crippen molar-refractivity contribution in [1.29, 1.82) is 0 Å². The van der Waals surface area contributed by atoms with Gasteiger partial charge >= 0.3 is 0 Å². The molecule has 0 radical (unpaired) electrons. The van der Waals surface area contributed by atoms with Crippen LogP contribution >= 0.6 is 0 Å². The van der Waals surface area contributed by atoms with Crippen molar-refractivity contribution < 1.29 is 9.21 Å². The second-order valence-electron chi connectivity index (χ2n) is 5.95. The first-order valence-electron chi connectivity index (χ1n) is 8.10. The number of piperidine rings is 1. The number of aromatic nitrogens is 2. The number of carbonyl (C=O) groups excluding carboxylic acids is 1. The van der Waals surface area contributed by atoms with Gasteiger partial charge in [-0.15, -0.1) is 0 Å². The van der Waals surface area contributed by atoms with Crippen molar-refractivity contribution in [2.75, 3.05) is 18.4 Å². The average Bonchev–Trinajstić information content (AvgIpc) is 3.07. The lowest BCUT2D eigenvalue weighted by Crippen LogP contribution is -2.42. The van der Waals surface area contributed by atoms with Crippen LogP contribution in [0.1, 0.15) is 23.4 Å². The van der Waals surface area contributed by atoms with E-state index in [1.165, 1.54) is 6.33 Å². The molecule has 2 aromatic heterocycles. The van der Waals surface area contributed by atoms with E-state index in [2.05, 4.69) is 15.3 Å². The summed E-state index contributed by atoms with van der Waals surface area (Å²) in [4.78, 5) is 22.6. The van der Waals surface area contributed by atoms with Gasteiger partial charge < -0.3 is 14.6 Å². The molecular weight excluding hydrogens is 304 g/mol. The van der Waals surface area contributed by atoms with Crippen molar-refractivity contribution >= 4 is 22.7 Å². The van der Waals surface area contributed by atoms with Crippen LogP contribution in [0.4, 0.5) is 5.82 Å². The smallest absolute Gasteiger partial charge is 0.289 e. The zero-order valence-electron chi connectivity index (χ0n) is 13.2. The number of nitrogens with zero attached hydrogens (tertiary/aromatic N) is 3. The second kappa shape index (κ2) is 6.31. The summed E-state index contributed by atoms with van der Waals surface area (Å²) in [5, 5.41) is 4.35. The molecule has 3 aromatic rings. The van der Waals surface area contributed by atoms with Gasteiger partial charge in [-0.1, -0.05) is 18.2 Å². The van der Waals surface area contributed by atoms with Gasteiger partial charge in [0.05, 0.1) is 0 Å². The van der Waals surface area contributed by atoms with Crippen molar-refractivity contribution in [3.05, 3.63) is 54.7 Å². The first-order valence-corrected chi connectivity index (χ1v) is 8.10. The number of nitrogens with one attached hydrogen (secondary N) is 1. The lowest BCUT2D eigenvalue weighted by Gasteiger charge is -2.32. The summed E-state index contributed by atoms with van der Waals surface area (Å²) >= 11 is 0. The van der Waals surface area contributed by atoms with Crippen molar-refractivity contribution in [3.63, 3.8) is 0 Å². The molecule has 0 saturated carbocycles. The summed E-state index contributed by atoms with van der Waals surface area (Å²) in [5.74, 6) is 1.21. The minimum absolute atomic E-state index is 0.0355. The van der Waals surface area contributed by atoms with Gasteiger partial charge in [-0.3, -0.25) is 4.79 Å². The number of hydrogen-bond acceptors (Lipinski definition) is 5. The molecule has 6 heteroatoms. The van der Waals surface area contributed by atoms with E-state index in [4.69, 9.17) is 4.42 Å². The maximum absolute atomic E-state index is 12.6. The van der Waals surface area contributed by atoms with Gasteiger partial charge in [-0.05, 0) is 31.0 Å². The van der Waals surface area contributed by atoms with Gasteiger partial charge in [0, 0.05) is 30.7 Å².